The van der Waals surface area contributed by atoms with E-state index < -0.39 is 17.5 Å². The van der Waals surface area contributed by atoms with Crippen molar-refractivity contribution in [2.45, 2.75) is 97.7 Å². The smallest absolute Gasteiger partial charge is 0.300 e. The number of carbonyl (C=O) groups is 4. The molecule has 0 bridgehead atoms. The predicted molar refractivity (Wildman–Crippen MR) is 119 cm³/mol. The number of amides is 3. The zero-order valence-corrected chi connectivity index (χ0v) is 20.0. The van der Waals surface area contributed by atoms with Crippen LogP contribution in [0.5, 0.6) is 0 Å². The number of nitrogens with zero attached hydrogens (tertiary/aromatic N) is 2. The molecule has 0 aromatic carbocycles. The van der Waals surface area contributed by atoms with Gasteiger partial charge >= 0.3 is 6.03 Å². The lowest BCUT2D eigenvalue weighted by atomic mass is 9.72. The molecule has 6 unspecified atom stereocenters. The quantitative estimate of drug-likeness (QED) is 0.356. The van der Waals surface area contributed by atoms with Crippen molar-refractivity contribution >= 4 is 24.5 Å². The van der Waals surface area contributed by atoms with Crippen molar-refractivity contribution < 1.29 is 19.2 Å². The van der Waals surface area contributed by atoms with E-state index in [4.69, 9.17) is 0 Å². The van der Waals surface area contributed by atoms with Crippen molar-refractivity contribution in [3.63, 3.8) is 0 Å². The predicted octanol–water partition coefficient (Wildman–Crippen LogP) is 4.31. The third-order valence-electron chi connectivity index (χ3n) is 8.37. The summed E-state index contributed by atoms with van der Waals surface area (Å²) in [7, 11) is 0. The van der Waals surface area contributed by atoms with Gasteiger partial charge in [-0.25, -0.2) is 4.79 Å². The molecule has 6 nitrogen and oxygen atoms in total. The fourth-order valence-electron chi connectivity index (χ4n) is 6.51. The van der Waals surface area contributed by atoms with E-state index in [2.05, 4.69) is 41.5 Å². The molecule has 6 atom stereocenters. The van der Waals surface area contributed by atoms with E-state index in [9.17, 15) is 19.2 Å². The summed E-state index contributed by atoms with van der Waals surface area (Å²) in [6.07, 6.45) is 6.31. The van der Waals surface area contributed by atoms with Crippen LogP contribution >= 0.6 is 0 Å². The summed E-state index contributed by atoms with van der Waals surface area (Å²) < 4.78 is 0. The van der Waals surface area contributed by atoms with Gasteiger partial charge < -0.3 is 0 Å². The summed E-state index contributed by atoms with van der Waals surface area (Å²) in [6, 6.07) is -0.968. The van der Waals surface area contributed by atoms with Crippen LogP contribution in [0.1, 0.15) is 80.1 Å². The van der Waals surface area contributed by atoms with E-state index in [1.807, 2.05) is 0 Å². The second-order valence-corrected chi connectivity index (χ2v) is 11.2. The number of hydrogen-bond acceptors (Lipinski definition) is 4. The van der Waals surface area contributed by atoms with Crippen LogP contribution in [0.3, 0.4) is 0 Å². The maximum absolute atomic E-state index is 13.9. The summed E-state index contributed by atoms with van der Waals surface area (Å²) in [5, 5.41) is 0. The Labute approximate surface area is 187 Å². The number of rotatable bonds is 6. The number of urea groups is 1. The van der Waals surface area contributed by atoms with Gasteiger partial charge in [0, 0.05) is 12.1 Å². The van der Waals surface area contributed by atoms with Crippen LogP contribution in [0.2, 0.25) is 0 Å². The highest BCUT2D eigenvalue weighted by Gasteiger charge is 2.63. The SMILES string of the molecule is CC1CCC(C(C)C)C(N2C(=O)N(C3CC(C)CCC3C(C)C)C(C=O)(C=O)C2=O)C1. The van der Waals surface area contributed by atoms with E-state index in [1.165, 1.54) is 9.80 Å². The van der Waals surface area contributed by atoms with E-state index >= 15 is 0 Å². The van der Waals surface area contributed by atoms with Gasteiger partial charge in [0.2, 0.25) is 5.54 Å². The lowest BCUT2D eigenvalue weighted by Gasteiger charge is -2.45. The normalized spacial score (nSPS) is 36.4. The Bertz CT molecular complexity index is 710. The molecule has 31 heavy (non-hydrogen) atoms. The Morgan fingerprint density at radius 2 is 1.26 bits per heavy atom. The molecule has 0 aromatic rings. The van der Waals surface area contributed by atoms with Crippen LogP contribution in [0.25, 0.3) is 0 Å². The van der Waals surface area contributed by atoms with Crippen LogP contribution < -0.4 is 0 Å². The molecule has 1 saturated heterocycles. The summed E-state index contributed by atoms with van der Waals surface area (Å²) in [4.78, 5) is 55.0. The highest BCUT2D eigenvalue weighted by atomic mass is 16.2. The Morgan fingerprint density at radius 1 is 0.806 bits per heavy atom. The fraction of sp³-hybridized carbons (Fsp3) is 0.840. The van der Waals surface area contributed by atoms with Crippen molar-refractivity contribution in [2.75, 3.05) is 0 Å². The van der Waals surface area contributed by atoms with Gasteiger partial charge in [-0.1, -0.05) is 54.4 Å². The van der Waals surface area contributed by atoms with Gasteiger partial charge in [-0.3, -0.25) is 24.2 Å². The summed E-state index contributed by atoms with van der Waals surface area (Å²) in [6.45, 7) is 12.8. The average Bonchev–Trinajstić information content (AvgIpc) is 2.93. The van der Waals surface area contributed by atoms with Crippen molar-refractivity contribution in [3.05, 3.63) is 0 Å². The molecule has 0 aromatic heterocycles. The van der Waals surface area contributed by atoms with E-state index in [-0.39, 0.29) is 23.9 Å². The fourth-order valence-corrected chi connectivity index (χ4v) is 6.51. The maximum Gasteiger partial charge on any atom is 0.328 e. The van der Waals surface area contributed by atoms with Gasteiger partial charge in [0.1, 0.15) is 0 Å². The minimum absolute atomic E-state index is 0.165. The van der Waals surface area contributed by atoms with Crippen molar-refractivity contribution in [2.24, 2.45) is 35.5 Å². The molecule has 2 aliphatic carbocycles. The lowest BCUT2D eigenvalue weighted by molar-refractivity contribution is -0.144. The first-order valence-electron chi connectivity index (χ1n) is 12.2. The maximum atomic E-state index is 13.9. The molecule has 1 heterocycles. The second kappa shape index (κ2) is 9.03. The molecule has 3 fully saturated rings. The van der Waals surface area contributed by atoms with Crippen molar-refractivity contribution in [1.82, 2.24) is 9.80 Å². The Kier molecular flexibility index (Phi) is 6.97. The molecule has 3 rings (SSSR count). The zero-order valence-electron chi connectivity index (χ0n) is 20.0. The molecule has 0 radical (unpaired) electrons. The number of imide groups is 1. The average molecular weight is 433 g/mol. The monoisotopic (exact) mass is 432 g/mol. The third kappa shape index (κ3) is 3.95. The van der Waals surface area contributed by atoms with Gasteiger partial charge in [-0.15, -0.1) is 0 Å². The molecule has 174 valence electrons. The van der Waals surface area contributed by atoms with E-state index in [1.54, 1.807) is 0 Å². The Balaban J connectivity index is 2.07. The van der Waals surface area contributed by atoms with E-state index in [0.29, 0.717) is 42.7 Å². The molecular formula is C25H40N2O4. The lowest BCUT2D eigenvalue weighted by Crippen LogP contribution is -2.60. The van der Waals surface area contributed by atoms with E-state index in [0.717, 1.165) is 32.1 Å². The Hall–Kier alpha value is -1.72. The molecule has 0 spiro atoms. The van der Waals surface area contributed by atoms with Crippen LogP contribution in [0, 0.1) is 35.5 Å². The van der Waals surface area contributed by atoms with Crippen LogP contribution in [-0.4, -0.2) is 51.9 Å². The third-order valence-corrected chi connectivity index (χ3v) is 8.37. The summed E-state index contributed by atoms with van der Waals surface area (Å²) >= 11 is 0. The molecule has 0 N–H and O–H groups in total. The minimum Gasteiger partial charge on any atom is -0.300 e. The van der Waals surface area contributed by atoms with Crippen LogP contribution in [-0.2, 0) is 14.4 Å². The first-order chi connectivity index (χ1) is 14.6. The van der Waals surface area contributed by atoms with Crippen molar-refractivity contribution in [1.29, 1.82) is 0 Å². The molecule has 1 aliphatic heterocycles. The number of aldehydes is 2. The highest BCUT2D eigenvalue weighted by molar-refractivity contribution is 6.25. The summed E-state index contributed by atoms with van der Waals surface area (Å²) in [5.41, 5.74) is -2.02. The first kappa shape index (κ1) is 23.9. The van der Waals surface area contributed by atoms with Crippen LogP contribution in [0.15, 0.2) is 0 Å². The second-order valence-electron chi connectivity index (χ2n) is 11.2. The molecule has 3 amide bonds. The summed E-state index contributed by atoms with van der Waals surface area (Å²) in [5.74, 6) is 1.11. The topological polar surface area (TPSA) is 74.8 Å². The van der Waals surface area contributed by atoms with Gasteiger partial charge in [-0.05, 0) is 61.2 Å². The minimum atomic E-state index is -2.02. The van der Waals surface area contributed by atoms with Gasteiger partial charge in [0.05, 0.1) is 0 Å². The van der Waals surface area contributed by atoms with Crippen molar-refractivity contribution in [3.8, 4) is 0 Å². The highest BCUT2D eigenvalue weighted by Crippen LogP contribution is 2.45. The zero-order chi connectivity index (χ0) is 23.1. The molecule has 2 saturated carbocycles. The molecule has 6 heteroatoms. The Morgan fingerprint density at radius 3 is 1.71 bits per heavy atom. The van der Waals surface area contributed by atoms with Gasteiger partial charge in [-0.2, -0.15) is 0 Å². The van der Waals surface area contributed by atoms with Gasteiger partial charge in [0.15, 0.2) is 12.6 Å². The van der Waals surface area contributed by atoms with Gasteiger partial charge in [0.25, 0.3) is 5.91 Å². The van der Waals surface area contributed by atoms with Crippen LogP contribution in [0.4, 0.5) is 4.79 Å². The number of carbonyl (C=O) groups excluding carboxylic acids is 4. The molecule has 3 aliphatic rings. The first-order valence-corrected chi connectivity index (χ1v) is 12.2. The largest absolute Gasteiger partial charge is 0.328 e. The standard InChI is InChI=1S/C25H40N2O4/c1-15(2)19-9-7-17(5)11-21(19)26-23(30)25(13-28,14-29)27(24(26)31)22-12-18(6)8-10-20(22)16(3)4/h13-22H,7-12H2,1-6H3. The molecular weight excluding hydrogens is 392 g/mol. The number of hydrogen-bond donors (Lipinski definition) is 0.